The van der Waals surface area contributed by atoms with Crippen LogP contribution in [0.25, 0.3) is 0 Å². The van der Waals surface area contributed by atoms with Gasteiger partial charge in [0.25, 0.3) is 11.8 Å². The SMILES string of the molecule is CN(Cc1cccc2c1C(=O)N(C1CCC(=O)NC1=O)C2=O)C(=O)OC(C)(C)C. The summed E-state index contributed by atoms with van der Waals surface area (Å²) in [7, 11) is 1.53. The molecule has 0 aromatic heterocycles. The topological polar surface area (TPSA) is 113 Å². The zero-order valence-corrected chi connectivity index (χ0v) is 16.8. The fraction of sp³-hybridized carbons (Fsp3) is 0.450. The third-order valence-electron chi connectivity index (χ3n) is 4.67. The normalized spacial score (nSPS) is 19.2. The highest BCUT2D eigenvalue weighted by Gasteiger charge is 2.45. The van der Waals surface area contributed by atoms with Crippen LogP contribution < -0.4 is 5.32 Å². The zero-order valence-electron chi connectivity index (χ0n) is 16.8. The maximum atomic E-state index is 13.0. The van der Waals surface area contributed by atoms with Crippen LogP contribution in [-0.2, 0) is 20.9 Å². The fourth-order valence-electron chi connectivity index (χ4n) is 3.38. The number of hydrogen-bond donors (Lipinski definition) is 1. The van der Waals surface area contributed by atoms with Crippen LogP contribution in [0.2, 0.25) is 0 Å². The van der Waals surface area contributed by atoms with Crippen LogP contribution in [0.1, 0.15) is 59.9 Å². The van der Waals surface area contributed by atoms with Crippen LogP contribution in [0.4, 0.5) is 4.79 Å². The number of carbonyl (C=O) groups is 5. The first-order chi connectivity index (χ1) is 13.5. The Morgan fingerprint density at radius 1 is 1.21 bits per heavy atom. The second-order valence-electron chi connectivity index (χ2n) is 8.12. The van der Waals surface area contributed by atoms with Crippen molar-refractivity contribution in [2.75, 3.05) is 7.05 Å². The van der Waals surface area contributed by atoms with Gasteiger partial charge in [-0.05, 0) is 38.8 Å². The highest BCUT2D eigenvalue weighted by atomic mass is 16.6. The van der Waals surface area contributed by atoms with E-state index in [1.165, 1.54) is 18.0 Å². The molecule has 5 amide bonds. The Kier molecular flexibility index (Phi) is 5.16. The average molecular weight is 401 g/mol. The molecule has 0 spiro atoms. The Morgan fingerprint density at radius 2 is 1.90 bits per heavy atom. The lowest BCUT2D eigenvalue weighted by molar-refractivity contribution is -0.136. The second-order valence-corrected chi connectivity index (χ2v) is 8.12. The summed E-state index contributed by atoms with van der Waals surface area (Å²) in [4.78, 5) is 63.9. The van der Waals surface area contributed by atoms with Crippen molar-refractivity contribution in [3.63, 3.8) is 0 Å². The number of benzene rings is 1. The molecule has 3 rings (SSSR count). The van der Waals surface area contributed by atoms with Gasteiger partial charge in [-0.15, -0.1) is 0 Å². The number of nitrogens with one attached hydrogen (secondary N) is 1. The van der Waals surface area contributed by atoms with E-state index in [2.05, 4.69) is 5.32 Å². The largest absolute Gasteiger partial charge is 0.444 e. The van der Waals surface area contributed by atoms with Crippen molar-refractivity contribution < 1.29 is 28.7 Å². The molecular formula is C20H23N3O6. The molecule has 1 unspecified atom stereocenters. The van der Waals surface area contributed by atoms with Gasteiger partial charge >= 0.3 is 6.09 Å². The fourth-order valence-corrected chi connectivity index (χ4v) is 3.38. The Bertz CT molecular complexity index is 917. The van der Waals surface area contributed by atoms with Crippen molar-refractivity contribution in [2.24, 2.45) is 0 Å². The second kappa shape index (κ2) is 7.31. The molecule has 1 aromatic carbocycles. The molecule has 1 N–H and O–H groups in total. The Morgan fingerprint density at radius 3 is 2.52 bits per heavy atom. The van der Waals surface area contributed by atoms with Gasteiger partial charge in [0.1, 0.15) is 11.6 Å². The number of amides is 5. The Balaban J connectivity index is 1.86. The van der Waals surface area contributed by atoms with Crippen LogP contribution >= 0.6 is 0 Å². The van der Waals surface area contributed by atoms with Crippen molar-refractivity contribution in [1.82, 2.24) is 15.1 Å². The smallest absolute Gasteiger partial charge is 0.410 e. The number of piperidine rings is 1. The van der Waals surface area contributed by atoms with Crippen LogP contribution in [0.5, 0.6) is 0 Å². The number of nitrogens with zero attached hydrogens (tertiary/aromatic N) is 2. The minimum atomic E-state index is -1.03. The minimum Gasteiger partial charge on any atom is -0.444 e. The summed E-state index contributed by atoms with van der Waals surface area (Å²) in [6, 6.07) is 3.75. The molecule has 9 nitrogen and oxygen atoms in total. The van der Waals surface area contributed by atoms with E-state index < -0.39 is 41.4 Å². The lowest BCUT2D eigenvalue weighted by Crippen LogP contribution is -2.54. The number of imide groups is 2. The summed E-state index contributed by atoms with van der Waals surface area (Å²) in [5.41, 5.74) is 0.148. The van der Waals surface area contributed by atoms with E-state index in [1.54, 1.807) is 32.9 Å². The van der Waals surface area contributed by atoms with Gasteiger partial charge in [-0.1, -0.05) is 12.1 Å². The molecule has 9 heteroatoms. The third kappa shape index (κ3) is 3.98. The van der Waals surface area contributed by atoms with Crippen molar-refractivity contribution >= 4 is 29.7 Å². The van der Waals surface area contributed by atoms with E-state index in [0.29, 0.717) is 5.56 Å². The molecular weight excluding hydrogens is 378 g/mol. The van der Waals surface area contributed by atoms with Gasteiger partial charge in [0.05, 0.1) is 11.1 Å². The summed E-state index contributed by atoms with van der Waals surface area (Å²) >= 11 is 0. The summed E-state index contributed by atoms with van der Waals surface area (Å²) in [6.45, 7) is 5.30. The van der Waals surface area contributed by atoms with Crippen molar-refractivity contribution in [3.05, 3.63) is 34.9 Å². The molecule has 2 heterocycles. The molecule has 2 aliphatic rings. The monoisotopic (exact) mass is 401 g/mol. The lowest BCUT2D eigenvalue weighted by atomic mass is 10.0. The van der Waals surface area contributed by atoms with Gasteiger partial charge in [-0.3, -0.25) is 29.4 Å². The van der Waals surface area contributed by atoms with Crippen molar-refractivity contribution in [1.29, 1.82) is 0 Å². The van der Waals surface area contributed by atoms with Crippen molar-refractivity contribution in [2.45, 2.75) is 51.8 Å². The van der Waals surface area contributed by atoms with Gasteiger partial charge in [-0.2, -0.15) is 0 Å². The summed E-state index contributed by atoms with van der Waals surface area (Å²) in [6.07, 6.45) is -0.421. The van der Waals surface area contributed by atoms with E-state index in [1.807, 2.05) is 0 Å². The van der Waals surface area contributed by atoms with Crippen molar-refractivity contribution in [3.8, 4) is 0 Å². The van der Waals surface area contributed by atoms with Crippen LogP contribution in [0, 0.1) is 0 Å². The minimum absolute atomic E-state index is 0.0536. The van der Waals surface area contributed by atoms with E-state index in [-0.39, 0.29) is 30.5 Å². The Hall–Kier alpha value is -3.23. The Labute approximate surface area is 168 Å². The molecule has 154 valence electrons. The molecule has 2 aliphatic heterocycles. The number of carbonyl (C=O) groups excluding carboxylic acids is 5. The first-order valence-electron chi connectivity index (χ1n) is 9.27. The standard InChI is InChI=1S/C20H23N3O6/c1-20(2,3)29-19(28)22(4)10-11-6-5-7-12-15(11)18(27)23(17(12)26)13-8-9-14(24)21-16(13)25/h5-7,13H,8-10H2,1-4H3,(H,21,24,25). The number of hydrogen-bond acceptors (Lipinski definition) is 6. The molecule has 29 heavy (non-hydrogen) atoms. The lowest BCUT2D eigenvalue weighted by Gasteiger charge is -2.28. The maximum Gasteiger partial charge on any atom is 0.410 e. The van der Waals surface area contributed by atoms with E-state index in [4.69, 9.17) is 4.74 Å². The van der Waals surface area contributed by atoms with Gasteiger partial charge < -0.3 is 9.64 Å². The molecule has 1 atom stereocenters. The molecule has 0 radical (unpaired) electrons. The first kappa shape index (κ1) is 20.5. The van der Waals surface area contributed by atoms with Gasteiger partial charge in [-0.25, -0.2) is 4.79 Å². The van der Waals surface area contributed by atoms with E-state index in [0.717, 1.165) is 4.90 Å². The van der Waals surface area contributed by atoms with Gasteiger partial charge in [0.15, 0.2) is 0 Å². The molecule has 1 aromatic rings. The highest BCUT2D eigenvalue weighted by Crippen LogP contribution is 2.30. The molecule has 0 bridgehead atoms. The predicted molar refractivity (Wildman–Crippen MR) is 101 cm³/mol. The zero-order chi connectivity index (χ0) is 21.5. The van der Waals surface area contributed by atoms with Gasteiger partial charge in [0.2, 0.25) is 11.8 Å². The van der Waals surface area contributed by atoms with Crippen LogP contribution in [-0.4, -0.2) is 58.2 Å². The van der Waals surface area contributed by atoms with Gasteiger partial charge in [0, 0.05) is 20.0 Å². The molecule has 1 fully saturated rings. The number of fused-ring (bicyclic) bond motifs is 1. The predicted octanol–water partition coefficient (Wildman–Crippen LogP) is 1.45. The average Bonchev–Trinajstić information content (AvgIpc) is 2.86. The quantitative estimate of drug-likeness (QED) is 0.767. The first-order valence-corrected chi connectivity index (χ1v) is 9.27. The summed E-state index contributed by atoms with van der Waals surface area (Å²) in [5.74, 6) is -2.28. The summed E-state index contributed by atoms with van der Waals surface area (Å²) < 4.78 is 5.32. The maximum absolute atomic E-state index is 13.0. The molecule has 0 aliphatic carbocycles. The number of ether oxygens (including phenoxy) is 1. The van der Waals surface area contributed by atoms with E-state index >= 15 is 0 Å². The third-order valence-corrected chi connectivity index (χ3v) is 4.67. The number of rotatable bonds is 3. The van der Waals surface area contributed by atoms with E-state index in [9.17, 15) is 24.0 Å². The highest BCUT2D eigenvalue weighted by molar-refractivity contribution is 6.24. The molecule has 0 saturated carbocycles. The molecule has 1 saturated heterocycles. The van der Waals surface area contributed by atoms with Crippen LogP contribution in [0.3, 0.4) is 0 Å². The van der Waals surface area contributed by atoms with Crippen LogP contribution in [0.15, 0.2) is 18.2 Å². The summed E-state index contributed by atoms with van der Waals surface area (Å²) in [5, 5.41) is 2.16.